The van der Waals surface area contributed by atoms with Crippen molar-refractivity contribution in [3.63, 3.8) is 0 Å². The molecule has 3 rings (SSSR count). The van der Waals surface area contributed by atoms with Gasteiger partial charge < -0.3 is 9.84 Å². The zero-order valence-electron chi connectivity index (χ0n) is 10.9. The van der Waals surface area contributed by atoms with Gasteiger partial charge in [0.2, 0.25) is 0 Å². The molecule has 1 N–H and O–H groups in total. The van der Waals surface area contributed by atoms with Crippen LogP contribution in [0.1, 0.15) is 0 Å². The van der Waals surface area contributed by atoms with Crippen LogP contribution in [0, 0.1) is 0 Å². The van der Waals surface area contributed by atoms with Gasteiger partial charge in [-0.05, 0) is 24.3 Å². The van der Waals surface area contributed by atoms with Crippen LogP contribution in [0.3, 0.4) is 0 Å². The van der Waals surface area contributed by atoms with Crippen LogP contribution in [0.2, 0.25) is 0 Å². The zero-order chi connectivity index (χ0) is 13.9. The fraction of sp³-hybridized carbons (Fsp3) is 0.0625. The molecule has 3 nitrogen and oxygen atoms in total. The first-order valence-corrected chi connectivity index (χ1v) is 7.04. The Kier molecular flexibility index (Phi) is 3.39. The lowest BCUT2D eigenvalue weighted by Gasteiger charge is -2.02. The summed E-state index contributed by atoms with van der Waals surface area (Å²) in [6.07, 6.45) is 0. The molecule has 0 saturated heterocycles. The van der Waals surface area contributed by atoms with E-state index in [0.717, 1.165) is 27.6 Å². The number of aromatic hydroxyl groups is 1. The van der Waals surface area contributed by atoms with E-state index in [1.807, 2.05) is 41.8 Å². The molecule has 0 aliphatic rings. The quantitative estimate of drug-likeness (QED) is 0.783. The average Bonchev–Trinajstić information content (AvgIpc) is 2.97. The second-order valence-corrected chi connectivity index (χ2v) is 5.15. The van der Waals surface area contributed by atoms with E-state index in [1.165, 1.54) is 11.3 Å². The molecule has 100 valence electrons. The molecule has 0 unspecified atom stereocenters. The van der Waals surface area contributed by atoms with Gasteiger partial charge in [-0.2, -0.15) is 0 Å². The summed E-state index contributed by atoms with van der Waals surface area (Å²) in [6.45, 7) is 0. The molecule has 3 aromatic rings. The summed E-state index contributed by atoms with van der Waals surface area (Å²) in [5, 5.41) is 12.7. The van der Waals surface area contributed by atoms with Crippen LogP contribution >= 0.6 is 11.3 Å². The fourth-order valence-corrected chi connectivity index (χ4v) is 2.83. The first kappa shape index (κ1) is 12.7. The largest absolute Gasteiger partial charge is 0.507 e. The maximum absolute atomic E-state index is 9.87. The average molecular weight is 283 g/mol. The van der Waals surface area contributed by atoms with Crippen molar-refractivity contribution in [2.45, 2.75) is 0 Å². The fourth-order valence-electron chi connectivity index (χ4n) is 1.97. The number of thiazole rings is 1. The Morgan fingerprint density at radius 3 is 2.75 bits per heavy atom. The van der Waals surface area contributed by atoms with E-state index < -0.39 is 0 Å². The van der Waals surface area contributed by atoms with Crippen LogP contribution < -0.4 is 4.74 Å². The van der Waals surface area contributed by atoms with Crippen LogP contribution in [-0.2, 0) is 0 Å². The van der Waals surface area contributed by atoms with Crippen LogP contribution in [0.25, 0.3) is 21.8 Å². The van der Waals surface area contributed by atoms with Gasteiger partial charge >= 0.3 is 0 Å². The molecular formula is C16H13NO2S. The molecule has 0 bridgehead atoms. The van der Waals surface area contributed by atoms with Crippen molar-refractivity contribution in [3.8, 4) is 33.3 Å². The van der Waals surface area contributed by atoms with Crippen LogP contribution in [0.15, 0.2) is 53.9 Å². The molecule has 20 heavy (non-hydrogen) atoms. The lowest BCUT2D eigenvalue weighted by molar-refractivity contribution is 0.415. The first-order chi connectivity index (χ1) is 9.78. The smallest absolute Gasteiger partial charge is 0.127 e. The van der Waals surface area contributed by atoms with Gasteiger partial charge in [-0.1, -0.05) is 24.3 Å². The number of nitrogens with zero attached hydrogens (tertiary/aromatic N) is 1. The topological polar surface area (TPSA) is 42.4 Å². The summed E-state index contributed by atoms with van der Waals surface area (Å²) in [4.78, 5) is 4.59. The Labute approximate surface area is 121 Å². The van der Waals surface area contributed by atoms with E-state index in [0.29, 0.717) is 0 Å². The number of aromatic nitrogens is 1. The molecule has 0 atom stereocenters. The Balaban J connectivity index is 2.00. The number of ether oxygens (including phenoxy) is 1. The lowest BCUT2D eigenvalue weighted by atomic mass is 10.1. The molecule has 1 aromatic heterocycles. The highest BCUT2D eigenvalue weighted by atomic mass is 32.1. The molecule has 0 saturated carbocycles. The maximum atomic E-state index is 9.87. The Morgan fingerprint density at radius 2 is 1.95 bits per heavy atom. The maximum Gasteiger partial charge on any atom is 0.127 e. The lowest BCUT2D eigenvalue weighted by Crippen LogP contribution is -1.84. The highest BCUT2D eigenvalue weighted by Crippen LogP contribution is 2.34. The molecule has 0 spiro atoms. The van der Waals surface area contributed by atoms with Crippen molar-refractivity contribution in [1.29, 1.82) is 0 Å². The Bertz CT molecular complexity index is 737. The number of hydrogen-bond donors (Lipinski definition) is 1. The summed E-state index contributed by atoms with van der Waals surface area (Å²) < 4.78 is 5.22. The number of phenols is 1. The van der Waals surface area contributed by atoms with Crippen molar-refractivity contribution in [3.05, 3.63) is 53.9 Å². The minimum atomic E-state index is 0.249. The second-order valence-electron chi connectivity index (χ2n) is 4.29. The summed E-state index contributed by atoms with van der Waals surface area (Å²) in [5.74, 6) is 1.05. The summed E-state index contributed by atoms with van der Waals surface area (Å²) in [6, 6.07) is 15.0. The van der Waals surface area contributed by atoms with Gasteiger partial charge in [-0.3, -0.25) is 0 Å². The molecule has 0 amide bonds. The van der Waals surface area contributed by atoms with E-state index in [9.17, 15) is 5.11 Å². The molecule has 0 radical (unpaired) electrons. The van der Waals surface area contributed by atoms with Gasteiger partial charge in [0.05, 0.1) is 18.4 Å². The number of para-hydroxylation sites is 1. The molecule has 0 aliphatic carbocycles. The molecule has 0 aliphatic heterocycles. The van der Waals surface area contributed by atoms with Gasteiger partial charge in [0.1, 0.15) is 16.5 Å². The van der Waals surface area contributed by atoms with Crippen LogP contribution in [0.4, 0.5) is 0 Å². The number of benzene rings is 2. The number of methoxy groups -OCH3 is 1. The normalized spacial score (nSPS) is 10.4. The van der Waals surface area contributed by atoms with Gasteiger partial charge in [0.25, 0.3) is 0 Å². The molecule has 1 heterocycles. The Hall–Kier alpha value is -2.33. The minimum Gasteiger partial charge on any atom is -0.507 e. The summed E-state index contributed by atoms with van der Waals surface area (Å²) in [5.41, 5.74) is 2.64. The van der Waals surface area contributed by atoms with E-state index in [4.69, 9.17) is 4.74 Å². The third-order valence-electron chi connectivity index (χ3n) is 3.00. The second kappa shape index (κ2) is 5.35. The number of phenolic OH excluding ortho intramolecular Hbond substituents is 1. The van der Waals surface area contributed by atoms with Crippen molar-refractivity contribution in [2.24, 2.45) is 0 Å². The zero-order valence-corrected chi connectivity index (χ0v) is 11.7. The predicted octanol–water partition coefficient (Wildman–Crippen LogP) is 4.19. The molecule has 2 aromatic carbocycles. The van der Waals surface area contributed by atoms with Crippen molar-refractivity contribution < 1.29 is 9.84 Å². The monoisotopic (exact) mass is 283 g/mol. The van der Waals surface area contributed by atoms with Gasteiger partial charge in [0.15, 0.2) is 0 Å². The van der Waals surface area contributed by atoms with Gasteiger partial charge in [0, 0.05) is 10.9 Å². The van der Waals surface area contributed by atoms with Crippen molar-refractivity contribution in [1.82, 2.24) is 4.98 Å². The van der Waals surface area contributed by atoms with Crippen LogP contribution in [-0.4, -0.2) is 17.2 Å². The number of rotatable bonds is 3. The van der Waals surface area contributed by atoms with E-state index in [1.54, 1.807) is 19.2 Å². The highest BCUT2D eigenvalue weighted by molar-refractivity contribution is 7.13. The summed E-state index contributed by atoms with van der Waals surface area (Å²) in [7, 11) is 1.65. The predicted molar refractivity (Wildman–Crippen MR) is 81.2 cm³/mol. The Morgan fingerprint density at radius 1 is 1.10 bits per heavy atom. The highest BCUT2D eigenvalue weighted by Gasteiger charge is 2.10. The number of hydrogen-bond acceptors (Lipinski definition) is 4. The van der Waals surface area contributed by atoms with Gasteiger partial charge in [-0.25, -0.2) is 4.98 Å². The van der Waals surface area contributed by atoms with E-state index in [2.05, 4.69) is 4.98 Å². The van der Waals surface area contributed by atoms with E-state index in [-0.39, 0.29) is 5.75 Å². The van der Waals surface area contributed by atoms with E-state index >= 15 is 0 Å². The van der Waals surface area contributed by atoms with Crippen molar-refractivity contribution in [2.75, 3.05) is 7.11 Å². The molecular weight excluding hydrogens is 270 g/mol. The third-order valence-corrected chi connectivity index (χ3v) is 3.88. The van der Waals surface area contributed by atoms with Gasteiger partial charge in [-0.15, -0.1) is 11.3 Å². The first-order valence-electron chi connectivity index (χ1n) is 6.16. The molecule has 0 fully saturated rings. The summed E-state index contributed by atoms with van der Waals surface area (Å²) >= 11 is 1.51. The standard InChI is InChI=1S/C16H13NO2S/c1-19-12-6-4-5-11(9-12)14-10-20-16(17-14)13-7-2-3-8-15(13)18/h2-10,18H,1H3. The third kappa shape index (κ3) is 2.38. The van der Waals surface area contributed by atoms with Crippen LogP contribution in [0.5, 0.6) is 11.5 Å². The van der Waals surface area contributed by atoms with Crippen molar-refractivity contribution >= 4 is 11.3 Å². The minimum absolute atomic E-state index is 0.249. The molecule has 4 heteroatoms. The SMILES string of the molecule is COc1cccc(-c2csc(-c3ccccc3O)n2)c1.